The molecule has 0 spiro atoms. The molecule has 0 unspecified atom stereocenters. The number of hydrogen-bond donors (Lipinski definition) is 0. The second kappa shape index (κ2) is 4.12. The van der Waals surface area contributed by atoms with E-state index in [-0.39, 0.29) is 29.6 Å². The minimum atomic E-state index is 0. The van der Waals surface area contributed by atoms with Gasteiger partial charge in [-0.05, 0) is 6.07 Å². The van der Waals surface area contributed by atoms with E-state index >= 15 is 0 Å². The monoisotopic (exact) mass is 150 g/mol. The zero-order valence-electron chi connectivity index (χ0n) is 5.06. The topological polar surface area (TPSA) is 36.7 Å². The third-order valence-electron chi connectivity index (χ3n) is 0.727. The average molecular weight is 151 g/mol. The van der Waals surface area contributed by atoms with Crippen molar-refractivity contribution in [3.63, 3.8) is 0 Å². The van der Waals surface area contributed by atoms with Gasteiger partial charge in [0.2, 0.25) is 0 Å². The first-order valence-corrected chi connectivity index (χ1v) is 2.50. The van der Waals surface area contributed by atoms with Gasteiger partial charge >= 0.3 is 29.6 Å². The first-order valence-electron chi connectivity index (χ1n) is 2.12. The molecule has 2 nitrogen and oxygen atoms in total. The fourth-order valence-electron chi connectivity index (χ4n) is 0.402. The summed E-state index contributed by atoms with van der Waals surface area (Å²) >= 11 is 5.41. The number of nitrogens with one attached hydrogen (secondary N) is 1. The summed E-state index contributed by atoms with van der Waals surface area (Å²) in [5, 5.41) is 0.373. The van der Waals surface area contributed by atoms with Crippen LogP contribution in [0, 0.1) is 0 Å². The molecule has 0 saturated carbocycles. The molecule has 1 heterocycles. The van der Waals surface area contributed by atoms with Crippen LogP contribution in [0.1, 0.15) is 0 Å². The fourth-order valence-corrected chi connectivity index (χ4v) is 0.576. The maximum Gasteiger partial charge on any atom is 1.00 e. The van der Waals surface area contributed by atoms with E-state index in [1.54, 1.807) is 6.07 Å². The van der Waals surface area contributed by atoms with Crippen molar-refractivity contribution in [3.8, 4) is 0 Å². The van der Waals surface area contributed by atoms with E-state index in [2.05, 4.69) is 4.98 Å². The molecule has 9 heavy (non-hydrogen) atoms. The van der Waals surface area contributed by atoms with E-state index in [0.29, 0.717) is 10.8 Å². The first-order chi connectivity index (χ1) is 3.79. The summed E-state index contributed by atoms with van der Waals surface area (Å²) in [4.78, 5) is 3.69. The van der Waals surface area contributed by atoms with Gasteiger partial charge in [0, 0.05) is 6.20 Å². The quantitative estimate of drug-likeness (QED) is 0.360. The zero-order valence-corrected chi connectivity index (χ0v) is 7.81. The van der Waals surface area contributed by atoms with E-state index in [0.717, 1.165) is 0 Å². The largest absolute Gasteiger partial charge is 1.00 e. The Kier molecular flexibility index (Phi) is 4.23. The van der Waals surface area contributed by atoms with Gasteiger partial charge in [-0.25, -0.2) is 4.98 Å². The molecule has 0 bridgehead atoms. The second-order valence-corrected chi connectivity index (χ2v) is 1.75. The molecule has 0 aliphatic rings. The van der Waals surface area contributed by atoms with Crippen LogP contribution in [0.15, 0.2) is 18.3 Å². The smallest absolute Gasteiger partial charge is 0.699 e. The van der Waals surface area contributed by atoms with E-state index in [4.69, 9.17) is 17.3 Å². The Balaban J connectivity index is 0.000000640. The maximum atomic E-state index is 7.01. The van der Waals surface area contributed by atoms with Crippen molar-refractivity contribution >= 4 is 17.3 Å². The predicted molar refractivity (Wildman–Crippen MR) is 33.2 cm³/mol. The summed E-state index contributed by atoms with van der Waals surface area (Å²) in [7, 11) is 0. The number of pyridine rings is 1. The van der Waals surface area contributed by atoms with Crippen molar-refractivity contribution in [3.05, 3.63) is 29.2 Å². The summed E-state index contributed by atoms with van der Waals surface area (Å²) in [5.74, 6) is 0. The van der Waals surface area contributed by atoms with Crippen LogP contribution in [0.5, 0.6) is 0 Å². The van der Waals surface area contributed by atoms with Crippen molar-refractivity contribution in [2.24, 2.45) is 0 Å². The summed E-state index contributed by atoms with van der Waals surface area (Å²) in [6.07, 6.45) is 1.50. The van der Waals surface area contributed by atoms with Gasteiger partial charge in [-0.15, -0.1) is 5.69 Å². The number of hydrogen-bond acceptors (Lipinski definition) is 1. The molecule has 1 rings (SSSR count). The molecule has 42 valence electrons. The van der Waals surface area contributed by atoms with Crippen LogP contribution in [-0.4, -0.2) is 4.98 Å². The molecule has 1 aromatic rings. The fraction of sp³-hybridized carbons (Fsp3) is 0. The number of aromatic nitrogens is 1. The minimum absolute atomic E-state index is 0. The van der Waals surface area contributed by atoms with Crippen LogP contribution < -0.4 is 29.6 Å². The van der Waals surface area contributed by atoms with Gasteiger partial charge in [-0.2, -0.15) is 0 Å². The van der Waals surface area contributed by atoms with Gasteiger partial charge in [0.15, 0.2) is 0 Å². The van der Waals surface area contributed by atoms with E-state index in [1.807, 2.05) is 0 Å². The van der Waals surface area contributed by atoms with Crippen LogP contribution in [-0.2, 0) is 0 Å². The van der Waals surface area contributed by atoms with Crippen molar-refractivity contribution in [1.82, 2.24) is 4.98 Å². The van der Waals surface area contributed by atoms with Crippen LogP contribution in [0.2, 0.25) is 5.15 Å². The van der Waals surface area contributed by atoms with E-state index < -0.39 is 0 Å². The van der Waals surface area contributed by atoms with Crippen LogP contribution in [0.3, 0.4) is 0 Å². The molecule has 0 amide bonds. The average Bonchev–Trinajstić information content (AvgIpc) is 1.64. The number of rotatable bonds is 0. The van der Waals surface area contributed by atoms with Crippen LogP contribution in [0.25, 0.3) is 5.73 Å². The summed E-state index contributed by atoms with van der Waals surface area (Å²) in [6.45, 7) is 0. The number of halogens is 1. The molecular formula is C5H4ClN2Na. The maximum absolute atomic E-state index is 7.01. The molecule has 0 aliphatic heterocycles. The summed E-state index contributed by atoms with van der Waals surface area (Å²) in [5.41, 5.74) is 7.40. The third kappa shape index (κ3) is 3.06. The molecule has 0 aliphatic carbocycles. The number of nitrogens with zero attached hydrogens (tertiary/aromatic N) is 1. The Bertz CT molecular complexity index is 175. The molecular weight excluding hydrogens is 147 g/mol. The Morgan fingerprint density at radius 3 is 2.56 bits per heavy atom. The molecule has 1 N–H and O–H groups in total. The molecule has 0 fully saturated rings. The Labute approximate surface area is 80.7 Å². The molecule has 4 heteroatoms. The van der Waals surface area contributed by atoms with Gasteiger partial charge in [0.05, 0.1) is 0 Å². The minimum Gasteiger partial charge on any atom is -0.699 e. The summed E-state index contributed by atoms with van der Waals surface area (Å²) < 4.78 is 0. The van der Waals surface area contributed by atoms with E-state index in [1.165, 1.54) is 12.3 Å². The van der Waals surface area contributed by atoms with Gasteiger partial charge in [-0.1, -0.05) is 17.7 Å². The Morgan fingerprint density at radius 2 is 2.22 bits per heavy atom. The zero-order chi connectivity index (χ0) is 5.98. The molecule has 0 saturated heterocycles. The van der Waals surface area contributed by atoms with E-state index in [9.17, 15) is 0 Å². The standard InChI is InChI=1S/C5H4ClN2.Na/c6-5-3-4(7)1-2-8-5;/h1-3H,(H-,7,8);/q-1;+1. The van der Waals surface area contributed by atoms with Gasteiger partial charge < -0.3 is 5.73 Å². The van der Waals surface area contributed by atoms with Gasteiger partial charge in [0.1, 0.15) is 5.15 Å². The molecule has 0 atom stereocenters. The van der Waals surface area contributed by atoms with Crippen LogP contribution >= 0.6 is 11.6 Å². The van der Waals surface area contributed by atoms with Gasteiger partial charge in [-0.3, -0.25) is 0 Å². The van der Waals surface area contributed by atoms with Crippen molar-refractivity contribution in [2.75, 3.05) is 0 Å². The predicted octanol–water partition coefficient (Wildman–Crippen LogP) is -0.577. The molecule has 0 radical (unpaired) electrons. The molecule has 0 aromatic carbocycles. The Morgan fingerprint density at radius 1 is 1.56 bits per heavy atom. The molecule has 1 aromatic heterocycles. The van der Waals surface area contributed by atoms with Crippen molar-refractivity contribution in [1.29, 1.82) is 0 Å². The Hall–Kier alpha value is 0.240. The third-order valence-corrected chi connectivity index (χ3v) is 0.933. The van der Waals surface area contributed by atoms with Crippen LogP contribution in [0.4, 0.5) is 5.69 Å². The summed E-state index contributed by atoms with van der Waals surface area (Å²) in [6, 6.07) is 3.06. The van der Waals surface area contributed by atoms with Crippen molar-refractivity contribution < 1.29 is 29.6 Å². The van der Waals surface area contributed by atoms with Crippen molar-refractivity contribution in [2.45, 2.75) is 0 Å². The first kappa shape index (κ1) is 9.24. The SMILES string of the molecule is [NH-]c1ccnc(Cl)c1.[Na+]. The normalized spacial score (nSPS) is 8.11. The van der Waals surface area contributed by atoms with Gasteiger partial charge in [0.25, 0.3) is 0 Å². The second-order valence-electron chi connectivity index (χ2n) is 1.37.